The number of esters is 1. The van der Waals surface area contributed by atoms with E-state index in [1.165, 1.54) is 31.0 Å². The van der Waals surface area contributed by atoms with Crippen LogP contribution >= 0.6 is 0 Å². The minimum absolute atomic E-state index is 0.105. The van der Waals surface area contributed by atoms with E-state index in [2.05, 4.69) is 4.74 Å². The molecule has 0 fully saturated rings. The van der Waals surface area contributed by atoms with Gasteiger partial charge >= 0.3 is 5.97 Å². The lowest BCUT2D eigenvalue weighted by atomic mass is 10.4. The van der Waals surface area contributed by atoms with Gasteiger partial charge in [0.15, 0.2) is 5.75 Å². The number of aromatic nitrogens is 1. The number of methoxy groups -OCH3 is 2. The first-order valence-corrected chi connectivity index (χ1v) is 3.99. The van der Waals surface area contributed by atoms with Crippen LogP contribution in [0, 0.1) is 0 Å². The fraction of sp³-hybridized carbons (Fsp3) is 0.333. The highest BCUT2D eigenvalue weighted by Crippen LogP contribution is 1.99. The Kier molecular flexibility index (Phi) is 3.28. The first-order valence-electron chi connectivity index (χ1n) is 3.99. The van der Waals surface area contributed by atoms with E-state index in [1.54, 1.807) is 6.07 Å². The number of pyridine rings is 1. The van der Waals surface area contributed by atoms with Gasteiger partial charge in [-0.1, -0.05) is 0 Å². The van der Waals surface area contributed by atoms with Crippen LogP contribution < -0.4 is 10.3 Å². The standard InChI is InChI=1S/C9H11NO4/c1-13-7-4-3-5-10(9(7)12)6-8(11)14-2/h3-5H,6H2,1-2H3. The monoisotopic (exact) mass is 197 g/mol. The molecule has 0 aromatic carbocycles. The van der Waals surface area contributed by atoms with Crippen LogP contribution in [0.15, 0.2) is 23.1 Å². The quantitative estimate of drug-likeness (QED) is 0.641. The highest BCUT2D eigenvalue weighted by Gasteiger charge is 2.06. The normalized spacial score (nSPS) is 9.57. The second kappa shape index (κ2) is 4.45. The Hall–Kier alpha value is -1.78. The molecule has 0 saturated carbocycles. The van der Waals surface area contributed by atoms with Gasteiger partial charge in [0, 0.05) is 6.20 Å². The van der Waals surface area contributed by atoms with Gasteiger partial charge in [0.2, 0.25) is 0 Å². The van der Waals surface area contributed by atoms with E-state index in [0.717, 1.165) is 0 Å². The zero-order valence-electron chi connectivity index (χ0n) is 8.02. The smallest absolute Gasteiger partial charge is 0.325 e. The van der Waals surface area contributed by atoms with Crippen molar-refractivity contribution in [2.75, 3.05) is 14.2 Å². The summed E-state index contributed by atoms with van der Waals surface area (Å²) in [5.41, 5.74) is -0.347. The first-order chi connectivity index (χ1) is 6.69. The SMILES string of the molecule is COC(=O)Cn1cccc(OC)c1=O. The molecule has 0 unspecified atom stereocenters. The summed E-state index contributed by atoms with van der Waals surface area (Å²) in [4.78, 5) is 22.4. The molecular formula is C9H11NO4. The topological polar surface area (TPSA) is 57.5 Å². The predicted molar refractivity (Wildman–Crippen MR) is 49.3 cm³/mol. The molecular weight excluding hydrogens is 186 g/mol. The van der Waals surface area contributed by atoms with Crippen molar-refractivity contribution in [1.82, 2.24) is 4.57 Å². The van der Waals surface area contributed by atoms with Crippen molar-refractivity contribution in [3.05, 3.63) is 28.7 Å². The summed E-state index contributed by atoms with van der Waals surface area (Å²) in [7, 11) is 2.67. The molecule has 0 atom stereocenters. The van der Waals surface area contributed by atoms with Gasteiger partial charge in [0.1, 0.15) is 6.54 Å². The molecule has 14 heavy (non-hydrogen) atoms. The maximum Gasteiger partial charge on any atom is 0.325 e. The second-order valence-electron chi connectivity index (χ2n) is 2.59. The fourth-order valence-corrected chi connectivity index (χ4v) is 0.998. The van der Waals surface area contributed by atoms with Crippen LogP contribution in [0.5, 0.6) is 5.75 Å². The Morgan fingerprint density at radius 3 is 2.79 bits per heavy atom. The molecule has 1 aromatic rings. The van der Waals surface area contributed by atoms with Crippen molar-refractivity contribution in [3.8, 4) is 5.75 Å². The van der Waals surface area contributed by atoms with Crippen LogP contribution in [0.3, 0.4) is 0 Å². The van der Waals surface area contributed by atoms with Crippen molar-refractivity contribution in [2.45, 2.75) is 6.54 Å². The Labute approximate surface area is 80.9 Å². The summed E-state index contributed by atoms with van der Waals surface area (Å²) in [6.07, 6.45) is 1.50. The maximum absolute atomic E-state index is 11.5. The largest absolute Gasteiger partial charge is 0.491 e. The third-order valence-electron chi connectivity index (χ3n) is 1.73. The van der Waals surface area contributed by atoms with Crippen LogP contribution in [-0.4, -0.2) is 24.8 Å². The zero-order chi connectivity index (χ0) is 10.6. The maximum atomic E-state index is 11.5. The highest BCUT2D eigenvalue weighted by atomic mass is 16.5. The average molecular weight is 197 g/mol. The molecule has 0 saturated heterocycles. The second-order valence-corrected chi connectivity index (χ2v) is 2.59. The summed E-state index contributed by atoms with van der Waals surface area (Å²) >= 11 is 0. The van der Waals surface area contributed by atoms with Crippen LogP contribution in [0.25, 0.3) is 0 Å². The van der Waals surface area contributed by atoms with Gasteiger partial charge < -0.3 is 14.0 Å². The molecule has 0 aliphatic carbocycles. The number of ether oxygens (including phenoxy) is 2. The summed E-state index contributed by atoms with van der Waals surface area (Å²) in [6, 6.07) is 3.17. The molecule has 1 aromatic heterocycles. The third kappa shape index (κ3) is 2.12. The van der Waals surface area contributed by atoms with Crippen molar-refractivity contribution in [3.63, 3.8) is 0 Å². The molecule has 0 aliphatic heterocycles. The van der Waals surface area contributed by atoms with Crippen molar-refractivity contribution >= 4 is 5.97 Å². The Morgan fingerprint density at radius 2 is 2.21 bits per heavy atom. The molecule has 5 heteroatoms. The molecule has 0 N–H and O–H groups in total. The molecule has 5 nitrogen and oxygen atoms in total. The minimum atomic E-state index is -0.472. The summed E-state index contributed by atoms with van der Waals surface area (Å²) in [5.74, 6) is -0.267. The van der Waals surface area contributed by atoms with Crippen LogP contribution in [0.1, 0.15) is 0 Å². The molecule has 1 heterocycles. The Bertz CT molecular complexity index is 383. The third-order valence-corrected chi connectivity index (χ3v) is 1.73. The summed E-state index contributed by atoms with van der Waals surface area (Å²) in [5, 5.41) is 0. The number of carbonyl (C=O) groups is 1. The minimum Gasteiger partial charge on any atom is -0.491 e. The number of rotatable bonds is 3. The predicted octanol–water partition coefficient (Wildman–Crippen LogP) is 0.0299. The van der Waals surface area contributed by atoms with Crippen LogP contribution in [0.2, 0.25) is 0 Å². The van der Waals surface area contributed by atoms with E-state index >= 15 is 0 Å². The van der Waals surface area contributed by atoms with Crippen LogP contribution in [0.4, 0.5) is 0 Å². The van der Waals surface area contributed by atoms with Crippen molar-refractivity contribution in [2.24, 2.45) is 0 Å². The lowest BCUT2D eigenvalue weighted by molar-refractivity contribution is -0.141. The van der Waals surface area contributed by atoms with E-state index in [9.17, 15) is 9.59 Å². The van der Waals surface area contributed by atoms with E-state index in [4.69, 9.17) is 4.74 Å². The lowest BCUT2D eigenvalue weighted by Gasteiger charge is -2.05. The molecule has 0 bridgehead atoms. The Balaban J connectivity index is 2.98. The molecule has 0 radical (unpaired) electrons. The number of nitrogens with zero attached hydrogens (tertiary/aromatic N) is 1. The van der Waals surface area contributed by atoms with E-state index in [-0.39, 0.29) is 17.9 Å². The van der Waals surface area contributed by atoms with Gasteiger partial charge in [-0.05, 0) is 12.1 Å². The number of hydrogen-bond donors (Lipinski definition) is 0. The molecule has 76 valence electrons. The summed E-state index contributed by atoms with van der Waals surface area (Å²) in [6.45, 7) is -0.105. The highest BCUT2D eigenvalue weighted by molar-refractivity contribution is 5.68. The van der Waals surface area contributed by atoms with Crippen molar-refractivity contribution in [1.29, 1.82) is 0 Å². The van der Waals surface area contributed by atoms with Crippen LogP contribution in [-0.2, 0) is 16.1 Å². The first kappa shape index (κ1) is 10.3. The number of carbonyl (C=O) groups excluding carboxylic acids is 1. The van der Waals surface area contributed by atoms with E-state index in [1.807, 2.05) is 0 Å². The van der Waals surface area contributed by atoms with E-state index < -0.39 is 5.97 Å². The molecule has 0 amide bonds. The Morgan fingerprint density at radius 1 is 1.50 bits per heavy atom. The van der Waals surface area contributed by atoms with Gasteiger partial charge in [-0.15, -0.1) is 0 Å². The van der Waals surface area contributed by atoms with Gasteiger partial charge in [-0.2, -0.15) is 0 Å². The molecule has 0 spiro atoms. The fourth-order valence-electron chi connectivity index (χ4n) is 0.998. The van der Waals surface area contributed by atoms with Gasteiger partial charge in [0.05, 0.1) is 14.2 Å². The number of hydrogen-bond acceptors (Lipinski definition) is 4. The zero-order valence-corrected chi connectivity index (χ0v) is 8.02. The van der Waals surface area contributed by atoms with Gasteiger partial charge in [0.25, 0.3) is 5.56 Å². The summed E-state index contributed by atoms with van der Waals surface area (Å²) < 4.78 is 10.5. The average Bonchev–Trinajstić information content (AvgIpc) is 2.21. The molecule has 0 aliphatic rings. The van der Waals surface area contributed by atoms with E-state index in [0.29, 0.717) is 0 Å². The van der Waals surface area contributed by atoms with Crippen molar-refractivity contribution < 1.29 is 14.3 Å². The molecule has 1 rings (SSSR count). The van der Waals surface area contributed by atoms with Gasteiger partial charge in [-0.3, -0.25) is 9.59 Å². The van der Waals surface area contributed by atoms with Gasteiger partial charge in [-0.25, -0.2) is 0 Å². The lowest BCUT2D eigenvalue weighted by Crippen LogP contribution is -2.24.